The molecule has 0 radical (unpaired) electrons. The van der Waals surface area contributed by atoms with Gasteiger partial charge in [-0.25, -0.2) is 0 Å². The molecule has 7 nitrogen and oxygen atoms in total. The number of hydrogen-bond acceptors (Lipinski definition) is 6. The fourth-order valence-electron chi connectivity index (χ4n) is 3.65. The lowest BCUT2D eigenvalue weighted by atomic mass is 10.1. The molecule has 3 rings (SSSR count). The van der Waals surface area contributed by atoms with Crippen molar-refractivity contribution in [2.24, 2.45) is 0 Å². The lowest BCUT2D eigenvalue weighted by Crippen LogP contribution is -2.40. The molecular formula is C19H30N2O5Si. The van der Waals surface area contributed by atoms with E-state index in [0.29, 0.717) is 44.1 Å². The number of nitrogens with zero attached hydrogens (tertiary/aromatic N) is 2. The molecule has 0 spiro atoms. The maximum absolute atomic E-state index is 13.1. The van der Waals surface area contributed by atoms with Gasteiger partial charge < -0.3 is 29.5 Å². The third-order valence-electron chi connectivity index (χ3n) is 5.20. The summed E-state index contributed by atoms with van der Waals surface area (Å²) >= 11 is 0. The highest BCUT2D eigenvalue weighted by Gasteiger charge is 2.40. The summed E-state index contributed by atoms with van der Waals surface area (Å²) in [5, 5.41) is 20.3. The van der Waals surface area contributed by atoms with E-state index in [2.05, 4.69) is 19.6 Å². The van der Waals surface area contributed by atoms with Crippen LogP contribution >= 0.6 is 0 Å². The van der Waals surface area contributed by atoms with Gasteiger partial charge in [0.25, 0.3) is 5.91 Å². The molecule has 0 bridgehead atoms. The Kier molecular flexibility index (Phi) is 5.69. The van der Waals surface area contributed by atoms with E-state index in [4.69, 9.17) is 9.47 Å². The van der Waals surface area contributed by atoms with Gasteiger partial charge in [0.15, 0.2) is 11.5 Å². The summed E-state index contributed by atoms with van der Waals surface area (Å²) in [6.07, 6.45) is 0.0445. The van der Waals surface area contributed by atoms with Gasteiger partial charge >= 0.3 is 0 Å². The van der Waals surface area contributed by atoms with Crippen LogP contribution in [0.5, 0.6) is 11.5 Å². The molecule has 2 aliphatic rings. The number of phenols is 1. The number of rotatable bonds is 6. The number of methoxy groups -OCH3 is 1. The number of ether oxygens (including phenoxy) is 2. The third-order valence-corrected chi connectivity index (χ3v) is 6.90. The quantitative estimate of drug-likeness (QED) is 0.568. The van der Waals surface area contributed by atoms with Crippen molar-refractivity contribution in [2.45, 2.75) is 44.3 Å². The number of anilines is 1. The van der Waals surface area contributed by atoms with Crippen LogP contribution in [0.15, 0.2) is 12.1 Å². The Morgan fingerprint density at radius 3 is 2.67 bits per heavy atom. The van der Waals surface area contributed by atoms with E-state index in [0.717, 1.165) is 6.04 Å². The molecule has 0 aliphatic carbocycles. The van der Waals surface area contributed by atoms with E-state index >= 15 is 0 Å². The van der Waals surface area contributed by atoms with Gasteiger partial charge in [0, 0.05) is 33.8 Å². The normalized spacial score (nSPS) is 22.5. The fourth-order valence-corrected chi connectivity index (χ4v) is 4.41. The summed E-state index contributed by atoms with van der Waals surface area (Å²) in [6, 6.07) is 4.14. The van der Waals surface area contributed by atoms with Crippen LogP contribution in [0, 0.1) is 0 Å². The first kappa shape index (κ1) is 20.0. The van der Waals surface area contributed by atoms with Crippen LogP contribution < -0.4 is 9.64 Å². The van der Waals surface area contributed by atoms with Crippen LogP contribution in [0.1, 0.15) is 16.8 Å². The van der Waals surface area contributed by atoms with Gasteiger partial charge in [-0.05, 0) is 18.5 Å². The molecule has 1 fully saturated rings. The largest absolute Gasteiger partial charge is 0.504 e. The second-order valence-electron chi connectivity index (χ2n) is 8.61. The Hall–Kier alpha value is -1.77. The molecule has 1 saturated heterocycles. The fraction of sp³-hybridized carbons (Fsp3) is 0.632. The van der Waals surface area contributed by atoms with Gasteiger partial charge in [-0.1, -0.05) is 19.6 Å². The number of carbonyl (C=O) groups is 1. The molecule has 2 heterocycles. The average molecular weight is 395 g/mol. The Bertz CT molecular complexity index is 706. The lowest BCUT2D eigenvalue weighted by Gasteiger charge is -2.28. The summed E-state index contributed by atoms with van der Waals surface area (Å²) in [5.41, 5.74) is 1.12. The van der Waals surface area contributed by atoms with Crippen molar-refractivity contribution in [1.29, 1.82) is 0 Å². The van der Waals surface area contributed by atoms with Crippen molar-refractivity contribution < 1.29 is 24.5 Å². The highest BCUT2D eigenvalue weighted by atomic mass is 28.3. The van der Waals surface area contributed by atoms with Crippen molar-refractivity contribution in [2.75, 3.05) is 38.4 Å². The lowest BCUT2D eigenvalue weighted by molar-refractivity contribution is 0.0723. The summed E-state index contributed by atoms with van der Waals surface area (Å²) in [6.45, 7) is 8.83. The van der Waals surface area contributed by atoms with Gasteiger partial charge in [-0.15, -0.1) is 0 Å². The summed E-state index contributed by atoms with van der Waals surface area (Å²) in [5.74, 6) is 0.118. The minimum absolute atomic E-state index is 0.00163. The van der Waals surface area contributed by atoms with Crippen molar-refractivity contribution in [3.63, 3.8) is 0 Å². The molecule has 150 valence electrons. The van der Waals surface area contributed by atoms with Crippen molar-refractivity contribution >= 4 is 19.7 Å². The number of aliphatic hydroxyl groups excluding tert-OH is 1. The molecule has 2 N–H and O–H groups in total. The van der Waals surface area contributed by atoms with Crippen LogP contribution in [0.4, 0.5) is 5.69 Å². The Morgan fingerprint density at radius 1 is 1.26 bits per heavy atom. The smallest absolute Gasteiger partial charge is 0.256 e. The molecule has 1 aromatic carbocycles. The van der Waals surface area contributed by atoms with Crippen molar-refractivity contribution in [1.82, 2.24) is 4.90 Å². The molecule has 8 heteroatoms. The van der Waals surface area contributed by atoms with E-state index in [1.165, 1.54) is 7.11 Å². The maximum atomic E-state index is 13.1. The van der Waals surface area contributed by atoms with E-state index < -0.39 is 14.2 Å². The highest BCUT2D eigenvalue weighted by molar-refractivity contribution is 6.76. The maximum Gasteiger partial charge on any atom is 0.256 e. The molecule has 0 unspecified atom stereocenters. The summed E-state index contributed by atoms with van der Waals surface area (Å²) < 4.78 is 11.1. The van der Waals surface area contributed by atoms with Gasteiger partial charge in [0.2, 0.25) is 0 Å². The van der Waals surface area contributed by atoms with Crippen molar-refractivity contribution in [3.8, 4) is 11.5 Å². The third kappa shape index (κ3) is 4.39. The Labute approximate surface area is 161 Å². The SMILES string of the molecule is COc1cc2c(cc1O)N(COCC[Si](C)(C)C)C[C@@H]1C[C@@H](O)CN1C2=O. The predicted octanol–water partition coefficient (Wildman–Crippen LogP) is 2.11. The second-order valence-corrected chi connectivity index (χ2v) is 14.2. The number of carbonyl (C=O) groups excluding carboxylic acids is 1. The van der Waals surface area contributed by atoms with Gasteiger partial charge in [-0.2, -0.15) is 0 Å². The molecule has 27 heavy (non-hydrogen) atoms. The average Bonchev–Trinajstić information content (AvgIpc) is 2.92. The minimum atomic E-state index is -1.18. The summed E-state index contributed by atoms with van der Waals surface area (Å²) in [7, 11) is 0.277. The number of hydrogen-bond donors (Lipinski definition) is 2. The standard InChI is InChI=1S/C19H30N2O5Si/c1-25-18-8-15-16(9-17(18)23)20(12-26-5-6-27(2,3)4)10-13-7-14(22)11-21(13)19(15)24/h8-9,13-14,22-23H,5-7,10-12H2,1-4H3/t13-,14+/m0/s1. The number of amides is 1. The van der Waals surface area contributed by atoms with Gasteiger partial charge in [0.05, 0.1) is 30.5 Å². The molecule has 2 aliphatic heterocycles. The molecule has 1 amide bonds. The molecule has 2 atom stereocenters. The zero-order valence-electron chi connectivity index (χ0n) is 16.6. The van der Waals surface area contributed by atoms with Crippen LogP contribution in [-0.2, 0) is 4.74 Å². The van der Waals surface area contributed by atoms with E-state index in [9.17, 15) is 15.0 Å². The predicted molar refractivity (Wildman–Crippen MR) is 106 cm³/mol. The zero-order valence-corrected chi connectivity index (χ0v) is 17.6. The number of benzene rings is 1. The van der Waals surface area contributed by atoms with Gasteiger partial charge in [0.1, 0.15) is 6.73 Å². The van der Waals surface area contributed by atoms with Crippen LogP contribution in [0.2, 0.25) is 25.7 Å². The van der Waals surface area contributed by atoms with Crippen LogP contribution in [0.3, 0.4) is 0 Å². The summed E-state index contributed by atoms with van der Waals surface area (Å²) in [4.78, 5) is 16.8. The second kappa shape index (κ2) is 7.69. The number of fused-ring (bicyclic) bond motifs is 2. The van der Waals surface area contributed by atoms with Crippen LogP contribution in [-0.4, -0.2) is 74.8 Å². The topological polar surface area (TPSA) is 82.5 Å². The van der Waals surface area contributed by atoms with E-state index in [-0.39, 0.29) is 23.4 Å². The van der Waals surface area contributed by atoms with E-state index in [1.54, 1.807) is 17.0 Å². The first-order valence-corrected chi connectivity index (χ1v) is 13.1. The first-order valence-electron chi connectivity index (χ1n) is 9.42. The molecule has 0 aromatic heterocycles. The Balaban J connectivity index is 1.87. The molecule has 1 aromatic rings. The highest BCUT2D eigenvalue weighted by Crippen LogP contribution is 2.38. The zero-order chi connectivity index (χ0) is 19.8. The first-order chi connectivity index (χ1) is 12.7. The van der Waals surface area contributed by atoms with Crippen molar-refractivity contribution in [3.05, 3.63) is 17.7 Å². The van der Waals surface area contributed by atoms with E-state index in [1.807, 2.05) is 4.90 Å². The monoisotopic (exact) mass is 394 g/mol. The Morgan fingerprint density at radius 2 is 2.00 bits per heavy atom. The van der Waals surface area contributed by atoms with Gasteiger partial charge in [-0.3, -0.25) is 4.79 Å². The molecular weight excluding hydrogens is 364 g/mol. The molecule has 0 saturated carbocycles. The minimum Gasteiger partial charge on any atom is -0.504 e. The number of aromatic hydroxyl groups is 1. The number of aliphatic hydroxyl groups is 1. The van der Waals surface area contributed by atoms with Crippen LogP contribution in [0.25, 0.3) is 0 Å². The number of phenolic OH excluding ortho intramolecular Hbond substituents is 1.